The normalized spacial score (nSPS) is 13.9. The topological polar surface area (TPSA) is 32.3 Å². The monoisotopic (exact) mass is 289 g/mol. The van der Waals surface area contributed by atoms with Gasteiger partial charge in [-0.2, -0.15) is 0 Å². The Bertz CT molecular complexity index is 530. The van der Waals surface area contributed by atoms with E-state index in [9.17, 15) is 5.11 Å². The lowest BCUT2D eigenvalue weighted by Crippen LogP contribution is -2.28. The predicted molar refractivity (Wildman–Crippen MR) is 83.9 cm³/mol. The molecule has 2 nitrogen and oxygen atoms in total. The average molecular weight is 290 g/mol. The van der Waals surface area contributed by atoms with E-state index in [1.807, 2.05) is 48.5 Å². The second-order valence-corrected chi connectivity index (χ2v) is 5.26. The number of benzene rings is 2. The number of hydrogen-bond donors (Lipinski definition) is 2. The van der Waals surface area contributed by atoms with Gasteiger partial charge in [-0.3, -0.25) is 0 Å². The molecule has 2 atom stereocenters. The number of halogens is 1. The van der Waals surface area contributed by atoms with Gasteiger partial charge in [-0.1, -0.05) is 61.0 Å². The molecule has 0 aromatic heterocycles. The van der Waals surface area contributed by atoms with Gasteiger partial charge in [0.1, 0.15) is 0 Å². The van der Waals surface area contributed by atoms with Gasteiger partial charge in [-0.05, 0) is 29.7 Å². The maximum atomic E-state index is 9.64. The van der Waals surface area contributed by atoms with Gasteiger partial charge in [0.25, 0.3) is 0 Å². The molecule has 0 amide bonds. The summed E-state index contributed by atoms with van der Waals surface area (Å²) in [6.45, 7) is 2.19. The van der Waals surface area contributed by atoms with Crippen molar-refractivity contribution in [2.75, 3.05) is 6.61 Å². The summed E-state index contributed by atoms with van der Waals surface area (Å²) in [7, 11) is 0. The number of rotatable bonds is 6. The Kier molecular flexibility index (Phi) is 5.60. The second kappa shape index (κ2) is 7.44. The molecular weight excluding hydrogens is 270 g/mol. The minimum atomic E-state index is -0.0693. The molecule has 0 fully saturated rings. The standard InChI is InChI=1S/C17H20ClNO/c1-2-16(14-9-6-10-15(18)11-14)19-17(12-20)13-7-4-3-5-8-13/h3-11,16-17,19-20H,2,12H2,1H3/t16?,17-/m0/s1. The van der Waals surface area contributed by atoms with Gasteiger partial charge in [0.15, 0.2) is 0 Å². The number of aliphatic hydroxyl groups excluding tert-OH is 1. The van der Waals surface area contributed by atoms with Crippen LogP contribution in [0.2, 0.25) is 5.02 Å². The van der Waals surface area contributed by atoms with Gasteiger partial charge in [-0.25, -0.2) is 0 Å². The Morgan fingerprint density at radius 3 is 2.30 bits per heavy atom. The van der Waals surface area contributed by atoms with Crippen LogP contribution in [0.15, 0.2) is 54.6 Å². The number of nitrogens with one attached hydrogen (secondary N) is 1. The first-order valence-corrected chi connectivity index (χ1v) is 7.29. The van der Waals surface area contributed by atoms with Crippen molar-refractivity contribution in [1.82, 2.24) is 5.32 Å². The van der Waals surface area contributed by atoms with Crippen LogP contribution in [0, 0.1) is 0 Å². The van der Waals surface area contributed by atoms with Crippen LogP contribution in [0.25, 0.3) is 0 Å². The number of hydrogen-bond acceptors (Lipinski definition) is 2. The van der Waals surface area contributed by atoms with Crippen molar-refractivity contribution in [1.29, 1.82) is 0 Å². The lowest BCUT2D eigenvalue weighted by molar-refractivity contribution is 0.232. The summed E-state index contributed by atoms with van der Waals surface area (Å²) in [6, 6.07) is 18.0. The van der Waals surface area contributed by atoms with Crippen molar-refractivity contribution in [3.63, 3.8) is 0 Å². The molecule has 0 bridgehead atoms. The maximum absolute atomic E-state index is 9.64. The minimum Gasteiger partial charge on any atom is -0.394 e. The van der Waals surface area contributed by atoms with Gasteiger partial charge in [-0.15, -0.1) is 0 Å². The quantitative estimate of drug-likeness (QED) is 0.838. The fraction of sp³-hybridized carbons (Fsp3) is 0.294. The van der Waals surface area contributed by atoms with Crippen molar-refractivity contribution >= 4 is 11.6 Å². The van der Waals surface area contributed by atoms with Crippen LogP contribution in [-0.2, 0) is 0 Å². The second-order valence-electron chi connectivity index (χ2n) is 4.83. The van der Waals surface area contributed by atoms with Crippen LogP contribution in [0.4, 0.5) is 0 Å². The molecule has 2 N–H and O–H groups in total. The predicted octanol–water partition coefficient (Wildman–Crippen LogP) is 4.11. The summed E-state index contributed by atoms with van der Waals surface area (Å²) >= 11 is 6.06. The smallest absolute Gasteiger partial charge is 0.0626 e. The largest absolute Gasteiger partial charge is 0.394 e. The first-order chi connectivity index (χ1) is 9.74. The van der Waals surface area contributed by atoms with Crippen LogP contribution in [0.3, 0.4) is 0 Å². The van der Waals surface area contributed by atoms with Crippen LogP contribution in [-0.4, -0.2) is 11.7 Å². The Labute approximate surface area is 125 Å². The molecule has 106 valence electrons. The van der Waals surface area contributed by atoms with Crippen molar-refractivity contribution in [3.8, 4) is 0 Å². The van der Waals surface area contributed by atoms with E-state index in [2.05, 4.69) is 18.3 Å². The maximum Gasteiger partial charge on any atom is 0.0626 e. The summed E-state index contributed by atoms with van der Waals surface area (Å²) in [5.41, 5.74) is 2.24. The molecule has 0 radical (unpaired) electrons. The highest BCUT2D eigenvalue weighted by Crippen LogP contribution is 2.24. The lowest BCUT2D eigenvalue weighted by Gasteiger charge is -2.24. The van der Waals surface area contributed by atoms with Crippen molar-refractivity contribution in [2.45, 2.75) is 25.4 Å². The van der Waals surface area contributed by atoms with E-state index in [1.54, 1.807) is 0 Å². The molecule has 0 heterocycles. The summed E-state index contributed by atoms with van der Waals surface area (Å²) in [5.74, 6) is 0. The molecule has 2 rings (SSSR count). The third-order valence-electron chi connectivity index (χ3n) is 3.45. The Balaban J connectivity index is 2.16. The van der Waals surface area contributed by atoms with Crippen molar-refractivity contribution in [2.24, 2.45) is 0 Å². The van der Waals surface area contributed by atoms with E-state index in [4.69, 9.17) is 11.6 Å². The van der Waals surface area contributed by atoms with Gasteiger partial charge >= 0.3 is 0 Å². The Morgan fingerprint density at radius 1 is 1.00 bits per heavy atom. The fourth-order valence-corrected chi connectivity index (χ4v) is 2.55. The van der Waals surface area contributed by atoms with Crippen LogP contribution < -0.4 is 5.32 Å². The molecule has 0 saturated heterocycles. The zero-order valence-electron chi connectivity index (χ0n) is 11.6. The van der Waals surface area contributed by atoms with E-state index in [0.29, 0.717) is 0 Å². The molecule has 20 heavy (non-hydrogen) atoms. The molecule has 1 unspecified atom stereocenters. The fourth-order valence-electron chi connectivity index (χ4n) is 2.36. The first kappa shape index (κ1) is 15.0. The van der Waals surface area contributed by atoms with Gasteiger partial charge in [0, 0.05) is 11.1 Å². The molecule has 3 heteroatoms. The molecule has 2 aromatic rings. The van der Waals surface area contributed by atoms with E-state index in [1.165, 1.54) is 0 Å². The van der Waals surface area contributed by atoms with E-state index >= 15 is 0 Å². The Hall–Kier alpha value is -1.35. The van der Waals surface area contributed by atoms with Gasteiger partial charge < -0.3 is 10.4 Å². The highest BCUT2D eigenvalue weighted by atomic mass is 35.5. The zero-order valence-corrected chi connectivity index (χ0v) is 12.3. The molecule has 0 spiro atoms. The third-order valence-corrected chi connectivity index (χ3v) is 3.68. The summed E-state index contributed by atoms with van der Waals surface area (Å²) in [5, 5.41) is 13.9. The number of aliphatic hydroxyl groups is 1. The van der Waals surface area contributed by atoms with E-state index in [0.717, 1.165) is 22.6 Å². The van der Waals surface area contributed by atoms with E-state index in [-0.39, 0.29) is 18.7 Å². The van der Waals surface area contributed by atoms with Crippen LogP contribution in [0.1, 0.15) is 36.6 Å². The summed E-state index contributed by atoms with van der Waals surface area (Å²) in [6.07, 6.45) is 0.934. The van der Waals surface area contributed by atoms with Crippen LogP contribution >= 0.6 is 11.6 Å². The van der Waals surface area contributed by atoms with Gasteiger partial charge in [0.05, 0.1) is 12.6 Å². The third kappa shape index (κ3) is 3.83. The van der Waals surface area contributed by atoms with Gasteiger partial charge in [0.2, 0.25) is 0 Å². The zero-order chi connectivity index (χ0) is 14.4. The molecule has 0 saturated carbocycles. The highest BCUT2D eigenvalue weighted by Gasteiger charge is 2.16. The molecule has 2 aromatic carbocycles. The molecule has 0 aliphatic heterocycles. The van der Waals surface area contributed by atoms with Crippen LogP contribution in [0.5, 0.6) is 0 Å². The SMILES string of the molecule is CCC(N[C@@H](CO)c1ccccc1)c1cccc(Cl)c1. The summed E-state index contributed by atoms with van der Waals surface area (Å²) in [4.78, 5) is 0. The molecule has 0 aliphatic rings. The summed E-state index contributed by atoms with van der Waals surface area (Å²) < 4.78 is 0. The van der Waals surface area contributed by atoms with E-state index < -0.39 is 0 Å². The van der Waals surface area contributed by atoms with Crippen molar-refractivity contribution < 1.29 is 5.11 Å². The molecular formula is C17H20ClNO. The first-order valence-electron chi connectivity index (χ1n) is 6.92. The Morgan fingerprint density at radius 2 is 1.70 bits per heavy atom. The molecule has 0 aliphatic carbocycles. The van der Waals surface area contributed by atoms with Crippen molar-refractivity contribution in [3.05, 3.63) is 70.7 Å². The lowest BCUT2D eigenvalue weighted by atomic mass is 10.0. The highest BCUT2D eigenvalue weighted by molar-refractivity contribution is 6.30. The average Bonchev–Trinajstić information content (AvgIpc) is 2.49. The minimum absolute atomic E-state index is 0.0693.